The molecule has 2 aliphatic heterocycles. The lowest BCUT2D eigenvalue weighted by Gasteiger charge is -2.50. The molecule has 0 radical (unpaired) electrons. The lowest BCUT2D eigenvalue weighted by atomic mass is 9.97. The summed E-state index contributed by atoms with van der Waals surface area (Å²) in [5, 5.41) is 6.40. The van der Waals surface area contributed by atoms with Crippen molar-refractivity contribution in [2.75, 3.05) is 14.1 Å². The van der Waals surface area contributed by atoms with E-state index < -0.39 is 23.8 Å². The van der Waals surface area contributed by atoms with Gasteiger partial charge in [-0.1, -0.05) is 19.1 Å². The number of hydrogen-bond donors (Lipinski definition) is 2. The highest BCUT2D eigenvalue weighted by Gasteiger charge is 2.50. The van der Waals surface area contributed by atoms with Crippen molar-refractivity contribution < 1.29 is 22.8 Å². The average Bonchev–Trinajstić information content (AvgIpc) is 2.67. The minimum atomic E-state index is -4.36. The summed E-state index contributed by atoms with van der Waals surface area (Å²) in [4.78, 5) is 27.6. The summed E-state index contributed by atoms with van der Waals surface area (Å²) in [6.07, 6.45) is -4.10. The molecule has 28 heavy (non-hydrogen) atoms. The summed E-state index contributed by atoms with van der Waals surface area (Å²) < 4.78 is 38.1. The molecule has 154 valence electrons. The Hall–Kier alpha value is -1.78. The predicted molar refractivity (Wildman–Crippen MR) is 100 cm³/mol. The van der Waals surface area contributed by atoms with Crippen molar-refractivity contribution in [2.45, 2.75) is 43.0 Å². The number of urea groups is 1. The molecule has 0 aliphatic carbocycles. The molecule has 2 heterocycles. The molecule has 0 saturated carbocycles. The van der Waals surface area contributed by atoms with Crippen LogP contribution < -0.4 is 10.6 Å². The number of imide groups is 1. The quantitative estimate of drug-likeness (QED) is 0.790. The lowest BCUT2D eigenvalue weighted by Crippen LogP contribution is -2.74. The van der Waals surface area contributed by atoms with E-state index in [-0.39, 0.29) is 23.5 Å². The van der Waals surface area contributed by atoms with Crippen molar-refractivity contribution in [2.24, 2.45) is 5.92 Å². The van der Waals surface area contributed by atoms with Crippen LogP contribution in [0, 0.1) is 5.92 Å². The number of halogens is 3. The van der Waals surface area contributed by atoms with Crippen LogP contribution in [0.3, 0.4) is 0 Å². The maximum absolute atomic E-state index is 12.7. The van der Waals surface area contributed by atoms with Crippen LogP contribution in [0.2, 0.25) is 0 Å². The third-order valence-corrected chi connectivity index (χ3v) is 6.43. The molecular weight excluding hydrogens is 393 g/mol. The summed E-state index contributed by atoms with van der Waals surface area (Å²) in [6.45, 7) is 1.99. The molecule has 0 bridgehead atoms. The van der Waals surface area contributed by atoms with E-state index in [1.165, 1.54) is 35.8 Å². The first-order chi connectivity index (χ1) is 13.1. The second-order valence-electron chi connectivity index (χ2n) is 6.98. The van der Waals surface area contributed by atoms with Gasteiger partial charge in [-0.05, 0) is 24.1 Å². The van der Waals surface area contributed by atoms with Crippen LogP contribution in [0.4, 0.5) is 18.0 Å². The Kier molecular flexibility index (Phi) is 5.92. The van der Waals surface area contributed by atoms with Crippen LogP contribution >= 0.6 is 11.8 Å². The topological polar surface area (TPSA) is 64.7 Å². The summed E-state index contributed by atoms with van der Waals surface area (Å²) >= 11 is 1.46. The monoisotopic (exact) mass is 416 g/mol. The summed E-state index contributed by atoms with van der Waals surface area (Å²) in [5.41, 5.74) is 0.0561. The van der Waals surface area contributed by atoms with E-state index in [0.29, 0.717) is 5.75 Å². The van der Waals surface area contributed by atoms with Crippen molar-refractivity contribution in [1.29, 1.82) is 0 Å². The van der Waals surface area contributed by atoms with E-state index in [0.717, 1.165) is 29.0 Å². The van der Waals surface area contributed by atoms with Crippen molar-refractivity contribution in [1.82, 2.24) is 20.4 Å². The van der Waals surface area contributed by atoms with Gasteiger partial charge in [0.1, 0.15) is 0 Å². The molecule has 10 heteroatoms. The van der Waals surface area contributed by atoms with Gasteiger partial charge in [0.25, 0.3) is 0 Å². The first-order valence-corrected chi connectivity index (χ1v) is 10.0. The fraction of sp³-hybridized carbons (Fsp3) is 0.556. The zero-order valence-electron chi connectivity index (χ0n) is 15.8. The molecule has 2 fully saturated rings. The van der Waals surface area contributed by atoms with Gasteiger partial charge in [0.15, 0.2) is 0 Å². The van der Waals surface area contributed by atoms with Crippen LogP contribution in [-0.4, -0.2) is 53.5 Å². The van der Waals surface area contributed by atoms with Gasteiger partial charge in [-0.15, -0.1) is 11.8 Å². The highest BCUT2D eigenvalue weighted by atomic mass is 32.2. The van der Waals surface area contributed by atoms with Gasteiger partial charge in [0, 0.05) is 19.8 Å². The van der Waals surface area contributed by atoms with Gasteiger partial charge in [0.2, 0.25) is 5.91 Å². The number of amides is 3. The number of alkyl halides is 3. The predicted octanol–water partition coefficient (Wildman–Crippen LogP) is 2.66. The Bertz CT molecular complexity index is 743. The second-order valence-corrected chi connectivity index (χ2v) is 8.11. The van der Waals surface area contributed by atoms with Crippen LogP contribution in [0.15, 0.2) is 24.3 Å². The number of benzene rings is 1. The summed E-state index contributed by atoms with van der Waals surface area (Å²) in [6, 6.07) is 4.68. The second kappa shape index (κ2) is 7.92. The molecule has 4 atom stereocenters. The molecule has 1 aromatic carbocycles. The van der Waals surface area contributed by atoms with E-state index in [1.54, 1.807) is 7.05 Å². The first-order valence-electron chi connectivity index (χ1n) is 8.97. The van der Waals surface area contributed by atoms with Crippen LogP contribution in [0.1, 0.15) is 24.5 Å². The number of nitrogens with one attached hydrogen (secondary N) is 2. The number of fused-ring (bicyclic) bond motifs is 1. The van der Waals surface area contributed by atoms with E-state index in [2.05, 4.69) is 10.6 Å². The number of nitrogens with zero attached hydrogens (tertiary/aromatic N) is 2. The van der Waals surface area contributed by atoms with Gasteiger partial charge < -0.3 is 4.90 Å². The number of rotatable bonds is 4. The highest BCUT2D eigenvalue weighted by molar-refractivity contribution is 7.99. The van der Waals surface area contributed by atoms with Gasteiger partial charge >= 0.3 is 12.2 Å². The van der Waals surface area contributed by atoms with Gasteiger partial charge in [-0.25, -0.2) is 4.79 Å². The van der Waals surface area contributed by atoms with Gasteiger partial charge in [0.05, 0.1) is 29.2 Å². The van der Waals surface area contributed by atoms with Crippen LogP contribution in [-0.2, 0) is 16.7 Å². The molecular formula is C18H23F3N4O2S. The smallest absolute Gasteiger partial charge is 0.311 e. The third kappa shape index (κ3) is 3.99. The zero-order chi connectivity index (χ0) is 20.6. The van der Waals surface area contributed by atoms with Crippen molar-refractivity contribution in [3.8, 4) is 0 Å². The zero-order valence-corrected chi connectivity index (χ0v) is 16.6. The molecule has 0 aromatic heterocycles. The van der Waals surface area contributed by atoms with E-state index >= 15 is 0 Å². The summed E-state index contributed by atoms with van der Waals surface area (Å²) in [5.74, 6) is -0.313. The molecule has 6 nitrogen and oxygen atoms in total. The van der Waals surface area contributed by atoms with Crippen molar-refractivity contribution in [3.63, 3.8) is 0 Å². The van der Waals surface area contributed by atoms with Gasteiger partial charge in [-0.2, -0.15) is 13.2 Å². The van der Waals surface area contributed by atoms with Crippen LogP contribution in [0.25, 0.3) is 0 Å². The largest absolute Gasteiger partial charge is 0.416 e. The minimum absolute atomic E-state index is 0.0715. The molecule has 3 rings (SSSR count). The Morgan fingerprint density at radius 1 is 1.11 bits per heavy atom. The molecule has 3 amide bonds. The number of carbonyl (C=O) groups excluding carboxylic acids is 2. The molecule has 4 unspecified atom stereocenters. The number of carbonyl (C=O) groups is 2. The van der Waals surface area contributed by atoms with E-state index in [4.69, 9.17) is 0 Å². The Balaban J connectivity index is 1.75. The maximum atomic E-state index is 12.7. The Morgan fingerprint density at radius 2 is 1.75 bits per heavy atom. The summed E-state index contributed by atoms with van der Waals surface area (Å²) in [7, 11) is 3.12. The maximum Gasteiger partial charge on any atom is 0.416 e. The first kappa shape index (κ1) is 20.9. The minimum Gasteiger partial charge on any atom is -0.311 e. The Morgan fingerprint density at radius 3 is 2.32 bits per heavy atom. The number of thioether (sulfide) groups is 1. The molecule has 2 aliphatic rings. The highest BCUT2D eigenvalue weighted by Crippen LogP contribution is 2.34. The van der Waals surface area contributed by atoms with E-state index in [1.807, 2.05) is 6.92 Å². The molecule has 1 aromatic rings. The molecule has 2 saturated heterocycles. The number of hydrogen-bond acceptors (Lipinski definition) is 5. The van der Waals surface area contributed by atoms with Gasteiger partial charge in [-0.3, -0.25) is 20.3 Å². The van der Waals surface area contributed by atoms with Crippen molar-refractivity contribution in [3.05, 3.63) is 35.4 Å². The normalized spacial score (nSPS) is 28.5. The standard InChI is InChI=1S/C18H23F3N4O2S/c1-4-12-22-14-13(16(26)25(3)17(27)24(14)2)15(23-12)28-9-10-5-7-11(8-6-10)18(19,20)21/h5-8,12-15,22-23H,4,9H2,1-3H3. The Labute approximate surface area is 165 Å². The fourth-order valence-corrected chi connectivity index (χ4v) is 4.78. The average molecular weight is 416 g/mol. The SMILES string of the molecule is CCC1NC(SCc2ccc(C(F)(F)F)cc2)C2C(=O)N(C)C(=O)N(C)C2N1. The van der Waals surface area contributed by atoms with Crippen molar-refractivity contribution >= 4 is 23.7 Å². The third-order valence-electron chi connectivity index (χ3n) is 5.14. The van der Waals surface area contributed by atoms with E-state index in [9.17, 15) is 22.8 Å². The fourth-order valence-electron chi connectivity index (χ4n) is 3.48. The lowest BCUT2D eigenvalue weighted by molar-refractivity contribution is -0.140. The van der Waals surface area contributed by atoms with Crippen LogP contribution in [0.5, 0.6) is 0 Å². The molecule has 0 spiro atoms. The molecule has 2 N–H and O–H groups in total.